The lowest BCUT2D eigenvalue weighted by Gasteiger charge is -2.16. The van der Waals surface area contributed by atoms with Crippen molar-refractivity contribution >= 4 is 23.8 Å². The predicted octanol–water partition coefficient (Wildman–Crippen LogP) is 5.19. The van der Waals surface area contributed by atoms with Crippen molar-refractivity contribution in [2.24, 2.45) is 0 Å². The fourth-order valence-corrected chi connectivity index (χ4v) is 3.39. The van der Waals surface area contributed by atoms with Crippen LogP contribution >= 0.6 is 23.8 Å². The maximum atomic E-state index is 6.53. The van der Waals surface area contributed by atoms with Gasteiger partial charge in [0.2, 0.25) is 4.77 Å². The number of nitrogens with one attached hydrogen (secondary N) is 2. The molecular weight excluding hydrogens is 408 g/mol. The fraction of sp³-hybridized carbons (Fsp3) is 0.333. The van der Waals surface area contributed by atoms with Gasteiger partial charge in [-0.3, -0.25) is 5.10 Å². The Labute approximate surface area is 180 Å². The van der Waals surface area contributed by atoms with E-state index in [1.165, 1.54) is 5.56 Å². The van der Waals surface area contributed by atoms with Crippen LogP contribution in [0.5, 0.6) is 11.5 Å². The van der Waals surface area contributed by atoms with E-state index in [-0.39, 0.29) is 0 Å². The summed E-state index contributed by atoms with van der Waals surface area (Å²) in [4.78, 5) is 0. The Bertz CT molecular complexity index is 1030. The molecule has 0 bridgehead atoms. The molecule has 1 heterocycles. The lowest BCUT2D eigenvalue weighted by molar-refractivity contribution is 0.269. The number of halogens is 1. The maximum absolute atomic E-state index is 6.53. The minimum Gasteiger partial charge on any atom is -0.490 e. The summed E-state index contributed by atoms with van der Waals surface area (Å²) in [5.41, 5.74) is 6.43. The SMILES string of the molecule is CCOc1cc(CNn2c(CC)n[nH]c2=S)c(Cl)cc1OCc1cccc(C)c1. The molecule has 0 saturated carbocycles. The van der Waals surface area contributed by atoms with Crippen molar-refractivity contribution in [2.45, 2.75) is 40.3 Å². The highest BCUT2D eigenvalue weighted by atomic mass is 35.5. The molecule has 0 aliphatic carbocycles. The number of benzene rings is 2. The number of nitrogens with zero attached hydrogens (tertiary/aromatic N) is 2. The largest absolute Gasteiger partial charge is 0.490 e. The Morgan fingerprint density at radius 2 is 1.97 bits per heavy atom. The molecule has 0 spiro atoms. The number of ether oxygens (including phenoxy) is 2. The molecule has 2 aromatic carbocycles. The molecule has 0 saturated heterocycles. The summed E-state index contributed by atoms with van der Waals surface area (Å²) < 4.78 is 14.1. The molecule has 1 aromatic heterocycles. The first-order valence-electron chi connectivity index (χ1n) is 9.55. The summed E-state index contributed by atoms with van der Waals surface area (Å²) in [6.07, 6.45) is 0.754. The van der Waals surface area contributed by atoms with Crippen molar-refractivity contribution in [2.75, 3.05) is 12.0 Å². The zero-order valence-electron chi connectivity index (χ0n) is 16.8. The maximum Gasteiger partial charge on any atom is 0.214 e. The summed E-state index contributed by atoms with van der Waals surface area (Å²) in [5.74, 6) is 2.11. The van der Waals surface area contributed by atoms with Gasteiger partial charge >= 0.3 is 0 Å². The number of aromatic nitrogens is 3. The summed E-state index contributed by atoms with van der Waals surface area (Å²) >= 11 is 11.8. The van der Waals surface area contributed by atoms with Gasteiger partial charge in [-0.1, -0.05) is 48.4 Å². The number of rotatable bonds is 9. The molecule has 0 aliphatic heterocycles. The van der Waals surface area contributed by atoms with Crippen LogP contribution in [0.4, 0.5) is 0 Å². The Hall–Kier alpha value is -2.51. The third-order valence-electron chi connectivity index (χ3n) is 4.38. The van der Waals surface area contributed by atoms with E-state index in [0.717, 1.165) is 23.4 Å². The van der Waals surface area contributed by atoms with Crippen molar-refractivity contribution < 1.29 is 9.47 Å². The molecule has 3 aromatic rings. The van der Waals surface area contributed by atoms with E-state index in [2.05, 4.69) is 34.7 Å². The van der Waals surface area contributed by atoms with Crippen molar-refractivity contribution in [1.29, 1.82) is 0 Å². The quantitative estimate of drug-likeness (QED) is 0.456. The number of H-pyrrole nitrogens is 1. The molecule has 0 atom stereocenters. The van der Waals surface area contributed by atoms with E-state index < -0.39 is 0 Å². The smallest absolute Gasteiger partial charge is 0.214 e. The standard InChI is InChI=1S/C21H25ClN4O2S/c1-4-20-24-25-21(29)26(20)23-12-16-10-18(27-5-2)19(11-17(16)22)28-13-15-8-6-7-14(3)9-15/h6-11,23H,4-5,12-13H2,1-3H3,(H,25,29). The molecule has 0 amide bonds. The van der Waals surface area contributed by atoms with Crippen molar-refractivity contribution in [3.63, 3.8) is 0 Å². The number of aryl methyl sites for hydroxylation is 2. The average molecular weight is 433 g/mol. The second-order valence-electron chi connectivity index (χ2n) is 6.57. The number of hydrogen-bond donors (Lipinski definition) is 2. The minimum atomic E-state index is 0.444. The molecule has 0 radical (unpaired) electrons. The molecule has 3 rings (SSSR count). The van der Waals surface area contributed by atoms with Crippen LogP contribution in [0.1, 0.15) is 36.4 Å². The van der Waals surface area contributed by atoms with Gasteiger partial charge in [0.1, 0.15) is 6.61 Å². The van der Waals surface area contributed by atoms with Crippen LogP contribution in [0.25, 0.3) is 0 Å². The van der Waals surface area contributed by atoms with Crippen LogP contribution < -0.4 is 14.9 Å². The lowest BCUT2D eigenvalue weighted by atomic mass is 10.1. The minimum absolute atomic E-state index is 0.444. The average Bonchev–Trinajstić information content (AvgIpc) is 3.06. The second-order valence-corrected chi connectivity index (χ2v) is 7.36. The van der Waals surface area contributed by atoms with Crippen LogP contribution in [0.3, 0.4) is 0 Å². The summed E-state index contributed by atoms with van der Waals surface area (Å²) in [5, 5.41) is 7.58. The van der Waals surface area contributed by atoms with Crippen LogP contribution in [-0.2, 0) is 19.6 Å². The molecule has 0 unspecified atom stereocenters. The van der Waals surface area contributed by atoms with Crippen LogP contribution in [0.15, 0.2) is 36.4 Å². The van der Waals surface area contributed by atoms with Gasteiger partial charge in [0, 0.05) is 17.5 Å². The van der Waals surface area contributed by atoms with Crippen molar-refractivity contribution in [3.05, 3.63) is 68.7 Å². The molecule has 29 heavy (non-hydrogen) atoms. The zero-order valence-corrected chi connectivity index (χ0v) is 18.4. The normalized spacial score (nSPS) is 10.8. The van der Waals surface area contributed by atoms with E-state index in [4.69, 9.17) is 33.3 Å². The predicted molar refractivity (Wildman–Crippen MR) is 118 cm³/mol. The van der Waals surface area contributed by atoms with Gasteiger partial charge in [-0.25, -0.2) is 4.68 Å². The molecule has 2 N–H and O–H groups in total. The zero-order chi connectivity index (χ0) is 20.8. The summed E-state index contributed by atoms with van der Waals surface area (Å²) in [6, 6.07) is 11.9. The first-order chi connectivity index (χ1) is 14.0. The summed E-state index contributed by atoms with van der Waals surface area (Å²) in [7, 11) is 0. The van der Waals surface area contributed by atoms with Gasteiger partial charge in [-0.15, -0.1) is 0 Å². The molecular formula is C21H25ClN4O2S. The van der Waals surface area contributed by atoms with Crippen molar-refractivity contribution in [3.8, 4) is 11.5 Å². The van der Waals surface area contributed by atoms with Gasteiger partial charge < -0.3 is 14.9 Å². The Kier molecular flexibility index (Phi) is 7.17. The third kappa shape index (κ3) is 5.31. The highest BCUT2D eigenvalue weighted by Gasteiger charge is 2.13. The Morgan fingerprint density at radius 1 is 1.17 bits per heavy atom. The topological polar surface area (TPSA) is 64.1 Å². The van der Waals surface area contributed by atoms with Gasteiger partial charge in [0.15, 0.2) is 17.3 Å². The lowest BCUT2D eigenvalue weighted by Crippen LogP contribution is -2.17. The molecule has 0 aliphatic rings. The van der Waals surface area contributed by atoms with E-state index >= 15 is 0 Å². The number of aromatic amines is 1. The van der Waals surface area contributed by atoms with E-state index in [1.54, 1.807) is 10.7 Å². The fourth-order valence-electron chi connectivity index (χ4n) is 2.95. The van der Waals surface area contributed by atoms with E-state index in [9.17, 15) is 0 Å². The molecule has 154 valence electrons. The molecule has 0 fully saturated rings. The highest BCUT2D eigenvalue weighted by Crippen LogP contribution is 2.34. The van der Waals surface area contributed by atoms with E-state index in [1.807, 2.05) is 32.0 Å². The molecule has 6 nitrogen and oxygen atoms in total. The van der Waals surface area contributed by atoms with Gasteiger partial charge in [0.25, 0.3) is 0 Å². The van der Waals surface area contributed by atoms with Crippen LogP contribution in [0, 0.1) is 11.7 Å². The van der Waals surface area contributed by atoms with Gasteiger partial charge in [0.05, 0.1) is 13.2 Å². The third-order valence-corrected chi connectivity index (χ3v) is 5.00. The highest BCUT2D eigenvalue weighted by molar-refractivity contribution is 7.71. The molecule has 8 heteroatoms. The van der Waals surface area contributed by atoms with E-state index in [0.29, 0.717) is 41.1 Å². The number of hydrogen-bond acceptors (Lipinski definition) is 5. The van der Waals surface area contributed by atoms with Gasteiger partial charge in [-0.2, -0.15) is 5.10 Å². The Balaban J connectivity index is 1.78. The summed E-state index contributed by atoms with van der Waals surface area (Å²) in [6.45, 7) is 7.46. The van der Waals surface area contributed by atoms with Crippen molar-refractivity contribution in [1.82, 2.24) is 14.9 Å². The first kappa shape index (κ1) is 21.2. The monoisotopic (exact) mass is 432 g/mol. The second kappa shape index (κ2) is 9.80. The Morgan fingerprint density at radius 3 is 2.69 bits per heavy atom. The first-order valence-corrected chi connectivity index (χ1v) is 10.3. The van der Waals surface area contributed by atoms with Crippen LogP contribution in [-0.4, -0.2) is 21.5 Å². The van der Waals surface area contributed by atoms with Gasteiger partial charge in [-0.05, 0) is 43.3 Å². The van der Waals surface area contributed by atoms with Crippen LogP contribution in [0.2, 0.25) is 5.02 Å².